The number of aryl methyl sites for hydroxylation is 1. The van der Waals surface area contributed by atoms with Crippen LogP contribution in [-0.4, -0.2) is 9.97 Å². The van der Waals surface area contributed by atoms with Gasteiger partial charge < -0.3 is 10.6 Å². The van der Waals surface area contributed by atoms with Gasteiger partial charge in [-0.15, -0.1) is 0 Å². The fourth-order valence-electron chi connectivity index (χ4n) is 2.72. The summed E-state index contributed by atoms with van der Waals surface area (Å²) < 4.78 is 0. The number of nitrogens with zero attached hydrogens (tertiary/aromatic N) is 2. The highest BCUT2D eigenvalue weighted by molar-refractivity contribution is 7.07. The number of rotatable bonds is 5. The molecule has 0 bridgehead atoms. The van der Waals surface area contributed by atoms with E-state index in [2.05, 4.69) is 68.6 Å². The molecule has 0 amide bonds. The molecule has 4 aromatic rings. The third-order valence-corrected chi connectivity index (χ3v) is 4.72. The van der Waals surface area contributed by atoms with Gasteiger partial charge in [-0.2, -0.15) is 11.3 Å². The molecule has 0 spiro atoms. The quantitative estimate of drug-likeness (QED) is 0.511. The minimum Gasteiger partial charge on any atom is -0.381 e. The van der Waals surface area contributed by atoms with Gasteiger partial charge in [0.1, 0.15) is 12.1 Å². The minimum atomic E-state index is 0.809. The van der Waals surface area contributed by atoms with Crippen LogP contribution in [0, 0.1) is 6.92 Å². The van der Waals surface area contributed by atoms with Gasteiger partial charge >= 0.3 is 0 Å². The Morgan fingerprint density at radius 2 is 1.96 bits per heavy atom. The average Bonchev–Trinajstić information content (AvgIpc) is 3.14. The molecular weight excluding hydrogens is 328 g/mol. The first kappa shape index (κ1) is 15.6. The zero-order chi connectivity index (χ0) is 17.1. The van der Waals surface area contributed by atoms with Gasteiger partial charge in [-0.1, -0.05) is 12.1 Å². The summed E-state index contributed by atoms with van der Waals surface area (Å²) >= 11 is 1.71. The molecule has 2 N–H and O–H groups in total. The number of fused-ring (bicyclic) bond motifs is 1. The smallest absolute Gasteiger partial charge is 0.141 e. The van der Waals surface area contributed by atoms with Crippen molar-refractivity contribution in [2.45, 2.75) is 13.5 Å². The molecule has 0 saturated heterocycles. The summed E-state index contributed by atoms with van der Waals surface area (Å²) in [6, 6.07) is 16.6. The maximum Gasteiger partial charge on any atom is 0.141 e. The van der Waals surface area contributed by atoms with Gasteiger partial charge in [0.05, 0.1) is 5.52 Å². The van der Waals surface area contributed by atoms with E-state index in [4.69, 9.17) is 0 Å². The molecule has 25 heavy (non-hydrogen) atoms. The maximum absolute atomic E-state index is 4.43. The summed E-state index contributed by atoms with van der Waals surface area (Å²) in [6.45, 7) is 2.89. The highest BCUT2D eigenvalue weighted by Crippen LogP contribution is 2.26. The zero-order valence-corrected chi connectivity index (χ0v) is 14.7. The fourth-order valence-corrected chi connectivity index (χ4v) is 3.39. The molecule has 124 valence electrons. The van der Waals surface area contributed by atoms with Crippen LogP contribution in [-0.2, 0) is 6.54 Å². The van der Waals surface area contributed by atoms with Crippen LogP contribution < -0.4 is 10.6 Å². The van der Waals surface area contributed by atoms with Gasteiger partial charge in [-0.05, 0) is 65.2 Å². The van der Waals surface area contributed by atoms with Crippen molar-refractivity contribution in [1.82, 2.24) is 9.97 Å². The van der Waals surface area contributed by atoms with Crippen molar-refractivity contribution in [2.75, 3.05) is 10.6 Å². The van der Waals surface area contributed by atoms with E-state index in [0.717, 1.165) is 34.6 Å². The Morgan fingerprint density at radius 1 is 1.00 bits per heavy atom. The van der Waals surface area contributed by atoms with E-state index in [1.807, 2.05) is 18.2 Å². The molecule has 4 rings (SSSR count). The van der Waals surface area contributed by atoms with Gasteiger partial charge in [-0.25, -0.2) is 9.97 Å². The predicted octanol–water partition coefficient (Wildman–Crippen LogP) is 5.36. The molecule has 0 unspecified atom stereocenters. The standard InChI is InChI=1S/C20H18N4S/c1-14-3-2-4-17(9-14)24-20-18-10-16(5-6-19(18)22-13-23-20)21-11-15-7-8-25-12-15/h2-10,12-13,21H,11H2,1H3,(H,22,23,24). The van der Waals surface area contributed by atoms with Crippen molar-refractivity contribution < 1.29 is 0 Å². The van der Waals surface area contributed by atoms with Crippen molar-refractivity contribution in [3.05, 3.63) is 76.7 Å². The van der Waals surface area contributed by atoms with Crippen molar-refractivity contribution in [1.29, 1.82) is 0 Å². The summed E-state index contributed by atoms with van der Waals surface area (Å²) in [6.07, 6.45) is 1.60. The molecule has 0 fully saturated rings. The van der Waals surface area contributed by atoms with Gasteiger partial charge in [0.15, 0.2) is 0 Å². The Morgan fingerprint density at radius 3 is 2.80 bits per heavy atom. The van der Waals surface area contributed by atoms with Crippen LogP contribution in [0.15, 0.2) is 65.6 Å². The molecule has 0 saturated carbocycles. The van der Waals surface area contributed by atoms with E-state index >= 15 is 0 Å². The first-order valence-electron chi connectivity index (χ1n) is 8.11. The largest absolute Gasteiger partial charge is 0.381 e. The third-order valence-electron chi connectivity index (χ3n) is 3.99. The summed E-state index contributed by atoms with van der Waals surface area (Å²) in [7, 11) is 0. The number of benzene rings is 2. The Labute approximate surface area is 150 Å². The molecule has 5 heteroatoms. The lowest BCUT2D eigenvalue weighted by Crippen LogP contribution is -2.00. The predicted molar refractivity (Wildman–Crippen MR) is 106 cm³/mol. The first-order valence-corrected chi connectivity index (χ1v) is 9.06. The van der Waals surface area contributed by atoms with E-state index < -0.39 is 0 Å². The monoisotopic (exact) mass is 346 g/mol. The normalized spacial score (nSPS) is 10.8. The van der Waals surface area contributed by atoms with E-state index in [9.17, 15) is 0 Å². The number of nitrogens with one attached hydrogen (secondary N) is 2. The summed E-state index contributed by atoms with van der Waals surface area (Å²) in [5, 5.41) is 12.1. The molecule has 2 aromatic heterocycles. The maximum atomic E-state index is 4.43. The van der Waals surface area contributed by atoms with E-state index in [-0.39, 0.29) is 0 Å². The Bertz CT molecular complexity index is 996. The second-order valence-electron chi connectivity index (χ2n) is 5.93. The Kier molecular flexibility index (Phi) is 4.31. The van der Waals surface area contributed by atoms with Crippen molar-refractivity contribution in [3.63, 3.8) is 0 Å². The fraction of sp³-hybridized carbons (Fsp3) is 0.100. The van der Waals surface area contributed by atoms with Gasteiger partial charge in [0, 0.05) is 23.3 Å². The Hall–Kier alpha value is -2.92. The van der Waals surface area contributed by atoms with Crippen molar-refractivity contribution in [2.24, 2.45) is 0 Å². The van der Waals surface area contributed by atoms with Gasteiger partial charge in [0.25, 0.3) is 0 Å². The molecular formula is C20H18N4S. The summed E-state index contributed by atoms with van der Waals surface area (Å²) in [4.78, 5) is 8.81. The number of aromatic nitrogens is 2. The summed E-state index contributed by atoms with van der Waals surface area (Å²) in [5.74, 6) is 0.815. The zero-order valence-electron chi connectivity index (χ0n) is 13.9. The molecule has 4 nitrogen and oxygen atoms in total. The molecule has 2 heterocycles. The SMILES string of the molecule is Cc1cccc(Nc2ncnc3ccc(NCc4ccsc4)cc23)c1. The lowest BCUT2D eigenvalue weighted by Gasteiger charge is -2.11. The number of hydrogen-bond acceptors (Lipinski definition) is 5. The highest BCUT2D eigenvalue weighted by Gasteiger charge is 2.06. The lowest BCUT2D eigenvalue weighted by atomic mass is 10.2. The van der Waals surface area contributed by atoms with Crippen LogP contribution in [0.4, 0.5) is 17.2 Å². The summed E-state index contributed by atoms with van der Waals surface area (Å²) in [5.41, 5.74) is 5.50. The average molecular weight is 346 g/mol. The van der Waals surface area contributed by atoms with Crippen molar-refractivity contribution in [3.8, 4) is 0 Å². The molecule has 0 atom stereocenters. The molecule has 0 aliphatic rings. The van der Waals surface area contributed by atoms with Crippen LogP contribution in [0.1, 0.15) is 11.1 Å². The van der Waals surface area contributed by atoms with E-state index in [1.54, 1.807) is 17.7 Å². The van der Waals surface area contributed by atoms with Crippen LogP contribution in [0.2, 0.25) is 0 Å². The second-order valence-corrected chi connectivity index (χ2v) is 6.71. The lowest BCUT2D eigenvalue weighted by molar-refractivity contribution is 1.16. The molecule has 0 aliphatic carbocycles. The number of hydrogen-bond donors (Lipinski definition) is 2. The number of thiophene rings is 1. The first-order chi connectivity index (χ1) is 12.3. The molecule has 0 aliphatic heterocycles. The highest BCUT2D eigenvalue weighted by atomic mass is 32.1. The molecule has 2 aromatic carbocycles. The van der Waals surface area contributed by atoms with Crippen LogP contribution in [0.3, 0.4) is 0 Å². The minimum absolute atomic E-state index is 0.809. The third kappa shape index (κ3) is 3.61. The van der Waals surface area contributed by atoms with Crippen LogP contribution in [0.25, 0.3) is 10.9 Å². The van der Waals surface area contributed by atoms with E-state index in [0.29, 0.717) is 0 Å². The van der Waals surface area contributed by atoms with Gasteiger partial charge in [-0.3, -0.25) is 0 Å². The van der Waals surface area contributed by atoms with Crippen LogP contribution in [0.5, 0.6) is 0 Å². The van der Waals surface area contributed by atoms with E-state index in [1.165, 1.54) is 11.1 Å². The van der Waals surface area contributed by atoms with Crippen LogP contribution >= 0.6 is 11.3 Å². The molecule has 0 radical (unpaired) electrons. The Balaban J connectivity index is 1.63. The topological polar surface area (TPSA) is 49.8 Å². The van der Waals surface area contributed by atoms with Gasteiger partial charge in [0.2, 0.25) is 0 Å². The second kappa shape index (κ2) is 6.91. The number of anilines is 3. The van der Waals surface area contributed by atoms with Crippen molar-refractivity contribution >= 4 is 39.4 Å².